The van der Waals surface area contributed by atoms with Crippen molar-refractivity contribution in [1.82, 2.24) is 15.1 Å². The average molecular weight is 341 g/mol. The van der Waals surface area contributed by atoms with Crippen LogP contribution < -0.4 is 0 Å². The van der Waals surface area contributed by atoms with E-state index >= 15 is 0 Å². The van der Waals surface area contributed by atoms with Crippen molar-refractivity contribution < 1.29 is 9.21 Å². The molecule has 3 rings (SSSR count). The van der Waals surface area contributed by atoms with Crippen LogP contribution in [0.1, 0.15) is 69.1 Å². The Kier molecular flexibility index (Phi) is 4.43. The summed E-state index contributed by atoms with van der Waals surface area (Å²) in [5.74, 6) is 0.708. The summed E-state index contributed by atoms with van der Waals surface area (Å²) in [6.45, 7) is 11.9. The number of benzene rings is 1. The van der Waals surface area contributed by atoms with Crippen LogP contribution in [0.4, 0.5) is 0 Å². The molecule has 0 bridgehead atoms. The van der Waals surface area contributed by atoms with E-state index in [0.717, 1.165) is 6.42 Å². The molecule has 134 valence electrons. The number of nitrogens with zero attached hydrogens (tertiary/aromatic N) is 3. The lowest BCUT2D eigenvalue weighted by atomic mass is 9.70. The summed E-state index contributed by atoms with van der Waals surface area (Å²) >= 11 is 0. The number of likely N-dealkylation sites (tertiary alicyclic amines) is 1. The standard InChI is InChI=1S/C20H27N3O2/c1-19(2,3)18-22-21-16(25-18)17(24)23-12-11-20(4,5)15(13-23)14-9-7-6-8-10-14/h6-10,15H,11-13H2,1-5H3. The van der Waals surface area contributed by atoms with Crippen molar-refractivity contribution in [3.63, 3.8) is 0 Å². The summed E-state index contributed by atoms with van der Waals surface area (Å²) < 4.78 is 5.64. The van der Waals surface area contributed by atoms with Gasteiger partial charge in [0.25, 0.3) is 0 Å². The first kappa shape index (κ1) is 17.6. The van der Waals surface area contributed by atoms with Gasteiger partial charge in [0.15, 0.2) is 0 Å². The van der Waals surface area contributed by atoms with Crippen molar-refractivity contribution in [2.75, 3.05) is 13.1 Å². The van der Waals surface area contributed by atoms with Crippen LogP contribution >= 0.6 is 0 Å². The van der Waals surface area contributed by atoms with Crippen LogP contribution in [0, 0.1) is 5.41 Å². The maximum absolute atomic E-state index is 12.9. The minimum atomic E-state index is -0.262. The molecule has 1 atom stereocenters. The van der Waals surface area contributed by atoms with Crippen molar-refractivity contribution in [1.29, 1.82) is 0 Å². The zero-order chi connectivity index (χ0) is 18.2. The Hall–Kier alpha value is -2.17. The van der Waals surface area contributed by atoms with E-state index < -0.39 is 0 Å². The van der Waals surface area contributed by atoms with Crippen LogP contribution in [-0.2, 0) is 5.41 Å². The topological polar surface area (TPSA) is 59.2 Å². The van der Waals surface area contributed by atoms with Gasteiger partial charge >= 0.3 is 11.8 Å². The Bertz CT molecular complexity index is 744. The van der Waals surface area contributed by atoms with E-state index in [-0.39, 0.29) is 28.5 Å². The number of hydrogen-bond acceptors (Lipinski definition) is 4. The summed E-state index contributed by atoms with van der Waals surface area (Å²) in [6, 6.07) is 10.4. The van der Waals surface area contributed by atoms with Gasteiger partial charge in [-0.25, -0.2) is 0 Å². The lowest BCUT2D eigenvalue weighted by Gasteiger charge is -2.44. The van der Waals surface area contributed by atoms with Gasteiger partial charge in [-0.15, -0.1) is 10.2 Å². The summed E-state index contributed by atoms with van der Waals surface area (Å²) in [5.41, 5.74) is 1.15. The Morgan fingerprint density at radius 2 is 1.88 bits per heavy atom. The van der Waals surface area contributed by atoms with Gasteiger partial charge in [0.2, 0.25) is 5.89 Å². The second-order valence-electron chi connectivity index (χ2n) is 8.62. The molecule has 5 nitrogen and oxygen atoms in total. The number of carbonyl (C=O) groups excluding carboxylic acids is 1. The minimum Gasteiger partial charge on any atom is -0.416 e. The third kappa shape index (κ3) is 3.60. The van der Waals surface area contributed by atoms with E-state index in [4.69, 9.17) is 4.42 Å². The Balaban J connectivity index is 1.81. The average Bonchev–Trinajstić information content (AvgIpc) is 3.05. The molecule has 1 aliphatic heterocycles. The van der Waals surface area contributed by atoms with Gasteiger partial charge in [-0.05, 0) is 17.4 Å². The Morgan fingerprint density at radius 3 is 2.48 bits per heavy atom. The van der Waals surface area contributed by atoms with Gasteiger partial charge in [-0.1, -0.05) is 65.0 Å². The van der Waals surface area contributed by atoms with Crippen LogP contribution in [0.5, 0.6) is 0 Å². The number of piperidine rings is 1. The van der Waals surface area contributed by atoms with Crippen LogP contribution in [0.2, 0.25) is 0 Å². The van der Waals surface area contributed by atoms with Crippen LogP contribution in [0.15, 0.2) is 34.7 Å². The fourth-order valence-electron chi connectivity index (χ4n) is 3.33. The fraction of sp³-hybridized carbons (Fsp3) is 0.550. The molecule has 1 aromatic heterocycles. The number of carbonyl (C=O) groups is 1. The van der Waals surface area contributed by atoms with Crippen molar-refractivity contribution >= 4 is 5.91 Å². The molecule has 2 aromatic rings. The van der Waals surface area contributed by atoms with E-state index in [1.807, 2.05) is 31.7 Å². The molecule has 1 saturated heterocycles. The number of amides is 1. The van der Waals surface area contributed by atoms with E-state index in [1.165, 1.54) is 5.56 Å². The zero-order valence-corrected chi connectivity index (χ0v) is 15.7. The molecule has 25 heavy (non-hydrogen) atoms. The Morgan fingerprint density at radius 1 is 1.20 bits per heavy atom. The first-order valence-electron chi connectivity index (χ1n) is 8.87. The van der Waals surface area contributed by atoms with Gasteiger partial charge in [0.1, 0.15) is 0 Å². The summed E-state index contributed by atoms with van der Waals surface area (Å²) in [5, 5.41) is 8.03. The predicted molar refractivity (Wildman–Crippen MR) is 96.5 cm³/mol. The molecule has 1 fully saturated rings. The second-order valence-corrected chi connectivity index (χ2v) is 8.62. The highest BCUT2D eigenvalue weighted by Crippen LogP contribution is 2.42. The van der Waals surface area contributed by atoms with Crippen molar-refractivity contribution in [2.45, 2.75) is 52.4 Å². The largest absolute Gasteiger partial charge is 0.416 e. The van der Waals surface area contributed by atoms with E-state index in [1.54, 1.807) is 0 Å². The third-order valence-corrected chi connectivity index (χ3v) is 5.11. The molecule has 0 spiro atoms. The quantitative estimate of drug-likeness (QED) is 0.828. The Labute approximate surface area is 149 Å². The molecular weight excluding hydrogens is 314 g/mol. The molecule has 0 radical (unpaired) electrons. The zero-order valence-electron chi connectivity index (χ0n) is 15.7. The second kappa shape index (κ2) is 6.28. The fourth-order valence-corrected chi connectivity index (χ4v) is 3.33. The van der Waals surface area contributed by atoms with Gasteiger partial charge in [0.05, 0.1) is 0 Å². The van der Waals surface area contributed by atoms with Crippen LogP contribution in [-0.4, -0.2) is 34.1 Å². The number of hydrogen-bond donors (Lipinski definition) is 0. The van der Waals surface area contributed by atoms with Crippen molar-refractivity contribution in [3.8, 4) is 0 Å². The van der Waals surface area contributed by atoms with E-state index in [2.05, 4.69) is 48.3 Å². The molecule has 1 unspecified atom stereocenters. The maximum Gasteiger partial charge on any atom is 0.311 e. The molecule has 0 N–H and O–H groups in total. The highest BCUT2D eigenvalue weighted by atomic mass is 16.4. The maximum atomic E-state index is 12.9. The van der Waals surface area contributed by atoms with Gasteiger partial charge < -0.3 is 9.32 Å². The molecule has 1 amide bonds. The van der Waals surface area contributed by atoms with Crippen LogP contribution in [0.25, 0.3) is 0 Å². The van der Waals surface area contributed by atoms with E-state index in [0.29, 0.717) is 19.0 Å². The molecule has 0 saturated carbocycles. The highest BCUT2D eigenvalue weighted by Gasteiger charge is 2.39. The highest BCUT2D eigenvalue weighted by molar-refractivity contribution is 5.89. The minimum absolute atomic E-state index is 0.0939. The molecule has 5 heteroatoms. The summed E-state index contributed by atoms with van der Waals surface area (Å²) in [6.07, 6.45) is 0.943. The van der Waals surface area contributed by atoms with E-state index in [9.17, 15) is 4.79 Å². The lowest BCUT2D eigenvalue weighted by Crippen LogP contribution is -2.46. The summed E-state index contributed by atoms with van der Waals surface area (Å²) in [4.78, 5) is 14.7. The van der Waals surface area contributed by atoms with Crippen molar-refractivity contribution in [3.05, 3.63) is 47.7 Å². The monoisotopic (exact) mass is 341 g/mol. The molecular formula is C20H27N3O2. The van der Waals surface area contributed by atoms with Gasteiger partial charge in [-0.2, -0.15) is 0 Å². The summed E-state index contributed by atoms with van der Waals surface area (Å²) in [7, 11) is 0. The molecule has 1 aromatic carbocycles. The molecule has 2 heterocycles. The van der Waals surface area contributed by atoms with Gasteiger partial charge in [-0.3, -0.25) is 4.79 Å². The molecule has 1 aliphatic rings. The van der Waals surface area contributed by atoms with Crippen LogP contribution in [0.3, 0.4) is 0 Å². The number of rotatable bonds is 2. The normalized spacial score (nSPS) is 20.5. The third-order valence-electron chi connectivity index (χ3n) is 5.11. The lowest BCUT2D eigenvalue weighted by molar-refractivity contribution is 0.0527. The first-order valence-corrected chi connectivity index (χ1v) is 8.87. The van der Waals surface area contributed by atoms with Gasteiger partial charge in [0, 0.05) is 24.4 Å². The first-order chi connectivity index (χ1) is 11.7. The van der Waals surface area contributed by atoms with Crippen molar-refractivity contribution in [2.24, 2.45) is 5.41 Å². The predicted octanol–water partition coefficient (Wildman–Crippen LogP) is 4.02. The number of aromatic nitrogens is 2. The SMILES string of the molecule is CC(C)(C)c1nnc(C(=O)N2CCC(C)(C)C(c3ccccc3)C2)o1. The smallest absolute Gasteiger partial charge is 0.311 e. The molecule has 0 aliphatic carbocycles.